The van der Waals surface area contributed by atoms with Crippen LogP contribution >= 0.6 is 11.3 Å². The average Bonchev–Trinajstić information content (AvgIpc) is 3.03. The molecule has 136 valence electrons. The molecule has 5 heteroatoms. The highest BCUT2D eigenvalue weighted by Crippen LogP contribution is 2.29. The molecule has 0 aliphatic heterocycles. The van der Waals surface area contributed by atoms with Crippen molar-refractivity contribution in [2.75, 3.05) is 13.2 Å². The van der Waals surface area contributed by atoms with E-state index >= 15 is 0 Å². The minimum atomic E-state index is -0.592. The van der Waals surface area contributed by atoms with Crippen molar-refractivity contribution in [3.63, 3.8) is 0 Å². The Bertz CT molecular complexity index is 674. The predicted molar refractivity (Wildman–Crippen MR) is 102 cm³/mol. The van der Waals surface area contributed by atoms with E-state index in [4.69, 9.17) is 4.74 Å². The van der Waals surface area contributed by atoms with Gasteiger partial charge in [0.15, 0.2) is 0 Å². The van der Waals surface area contributed by atoms with Crippen LogP contribution in [0.4, 0.5) is 4.79 Å². The van der Waals surface area contributed by atoms with E-state index in [2.05, 4.69) is 16.8 Å². The summed E-state index contributed by atoms with van der Waals surface area (Å²) >= 11 is 1.63. The molecule has 0 bridgehead atoms. The molecule has 1 atom stereocenters. The molecule has 2 rings (SSSR count). The highest BCUT2D eigenvalue weighted by atomic mass is 32.1. The second-order valence-corrected chi connectivity index (χ2v) is 8.25. The number of benzene rings is 1. The van der Waals surface area contributed by atoms with E-state index in [9.17, 15) is 9.90 Å². The quantitative estimate of drug-likeness (QED) is 0.816. The minimum Gasteiger partial charge on any atom is -0.444 e. The number of rotatable bonds is 6. The predicted octanol–water partition coefficient (Wildman–Crippen LogP) is 4.05. The van der Waals surface area contributed by atoms with Crippen LogP contribution in [-0.4, -0.2) is 30.0 Å². The zero-order valence-electron chi connectivity index (χ0n) is 15.3. The molecular formula is C20H27NO3S. The fourth-order valence-corrected chi connectivity index (χ4v) is 3.38. The van der Waals surface area contributed by atoms with Gasteiger partial charge in [0.1, 0.15) is 5.60 Å². The van der Waals surface area contributed by atoms with Crippen LogP contribution in [0.25, 0.3) is 0 Å². The average molecular weight is 362 g/mol. The van der Waals surface area contributed by atoms with Gasteiger partial charge in [-0.1, -0.05) is 29.8 Å². The lowest BCUT2D eigenvalue weighted by molar-refractivity contribution is 0.0502. The van der Waals surface area contributed by atoms with Crippen LogP contribution in [0, 0.1) is 6.92 Å². The maximum Gasteiger partial charge on any atom is 0.407 e. The fourth-order valence-electron chi connectivity index (χ4n) is 2.72. The molecular weight excluding hydrogens is 334 g/mol. The molecule has 1 amide bonds. The van der Waals surface area contributed by atoms with Crippen LogP contribution in [0.15, 0.2) is 41.1 Å². The number of nitrogens with one attached hydrogen (secondary N) is 1. The second kappa shape index (κ2) is 8.02. The summed E-state index contributed by atoms with van der Waals surface area (Å²) < 4.78 is 5.34. The van der Waals surface area contributed by atoms with Crippen LogP contribution in [0.2, 0.25) is 0 Å². The zero-order valence-corrected chi connectivity index (χ0v) is 16.2. The Labute approximate surface area is 153 Å². The Balaban J connectivity index is 2.24. The molecule has 0 fully saturated rings. The number of amides is 1. The third-order valence-electron chi connectivity index (χ3n) is 4.06. The second-order valence-electron chi connectivity index (χ2n) is 7.47. The summed E-state index contributed by atoms with van der Waals surface area (Å²) in [4.78, 5) is 12.1. The summed E-state index contributed by atoms with van der Waals surface area (Å²) in [7, 11) is 0. The fraction of sp³-hybridized carbons (Fsp3) is 0.450. The van der Waals surface area contributed by atoms with E-state index in [1.807, 2.05) is 57.3 Å². The van der Waals surface area contributed by atoms with Gasteiger partial charge in [-0.05, 0) is 62.1 Å². The highest BCUT2D eigenvalue weighted by molar-refractivity contribution is 7.07. The van der Waals surface area contributed by atoms with E-state index in [0.29, 0.717) is 13.0 Å². The van der Waals surface area contributed by atoms with E-state index in [1.54, 1.807) is 11.3 Å². The van der Waals surface area contributed by atoms with Crippen molar-refractivity contribution in [2.45, 2.75) is 45.1 Å². The summed E-state index contributed by atoms with van der Waals surface area (Å²) in [6.45, 7) is 7.76. The smallest absolute Gasteiger partial charge is 0.407 e. The number of aliphatic hydroxyl groups excluding tert-OH is 1. The summed E-state index contributed by atoms with van der Waals surface area (Å²) in [5.41, 5.74) is 2.16. The third-order valence-corrected chi connectivity index (χ3v) is 4.79. The highest BCUT2D eigenvalue weighted by Gasteiger charge is 2.33. The van der Waals surface area contributed by atoms with Gasteiger partial charge in [0.25, 0.3) is 0 Å². The van der Waals surface area contributed by atoms with Crippen molar-refractivity contribution < 1.29 is 14.6 Å². The molecule has 2 N–H and O–H groups in total. The lowest BCUT2D eigenvalue weighted by atomic mass is 9.76. The number of hydrogen-bond acceptors (Lipinski definition) is 4. The molecule has 1 aromatic carbocycles. The molecule has 0 spiro atoms. The SMILES string of the molecule is Cc1ccc(C(CO)(CNC(=O)OC(C)(C)C)Cc2ccsc2)cc1. The molecule has 2 aromatic rings. The molecule has 4 nitrogen and oxygen atoms in total. The molecule has 1 aromatic heterocycles. The molecule has 0 aliphatic rings. The Morgan fingerprint density at radius 3 is 2.40 bits per heavy atom. The van der Waals surface area contributed by atoms with E-state index in [1.165, 1.54) is 0 Å². The van der Waals surface area contributed by atoms with Crippen LogP contribution in [0.1, 0.15) is 37.5 Å². The molecule has 0 saturated carbocycles. The Morgan fingerprint density at radius 1 is 1.20 bits per heavy atom. The van der Waals surface area contributed by atoms with Gasteiger partial charge < -0.3 is 15.2 Å². The summed E-state index contributed by atoms with van der Waals surface area (Å²) in [5, 5.41) is 17.2. The first-order valence-corrected chi connectivity index (χ1v) is 9.34. The van der Waals surface area contributed by atoms with Crippen molar-refractivity contribution in [1.82, 2.24) is 5.32 Å². The van der Waals surface area contributed by atoms with Crippen LogP contribution in [0.3, 0.4) is 0 Å². The van der Waals surface area contributed by atoms with Gasteiger partial charge in [0, 0.05) is 12.0 Å². The van der Waals surface area contributed by atoms with E-state index < -0.39 is 17.1 Å². The number of carbonyl (C=O) groups is 1. The number of aliphatic hydroxyl groups is 1. The monoisotopic (exact) mass is 361 g/mol. The normalized spacial score (nSPS) is 14.0. The standard InChI is InChI=1S/C20H27NO3S/c1-15-5-7-17(8-6-15)20(14-22,11-16-9-10-25-12-16)13-21-18(23)24-19(2,3)4/h5-10,12,22H,11,13-14H2,1-4H3,(H,21,23). The molecule has 1 heterocycles. The summed E-state index contributed by atoms with van der Waals surface area (Å²) in [6, 6.07) is 10.2. The van der Waals surface area contributed by atoms with Gasteiger partial charge in [0.2, 0.25) is 0 Å². The summed E-state index contributed by atoms with van der Waals surface area (Å²) in [6.07, 6.45) is 0.175. The Morgan fingerprint density at radius 2 is 1.88 bits per heavy atom. The van der Waals surface area contributed by atoms with Crippen LogP contribution in [0.5, 0.6) is 0 Å². The Kier molecular flexibility index (Phi) is 6.25. The van der Waals surface area contributed by atoms with Gasteiger partial charge in [-0.3, -0.25) is 0 Å². The number of ether oxygens (including phenoxy) is 1. The Hall–Kier alpha value is -1.85. The first kappa shape index (κ1) is 19.5. The van der Waals surface area contributed by atoms with Crippen LogP contribution in [-0.2, 0) is 16.6 Å². The molecule has 1 unspecified atom stereocenters. The van der Waals surface area contributed by atoms with Crippen molar-refractivity contribution in [3.05, 3.63) is 57.8 Å². The number of thiophene rings is 1. The number of aryl methyl sites for hydroxylation is 1. The van der Waals surface area contributed by atoms with Gasteiger partial charge in [0.05, 0.1) is 6.61 Å². The molecule has 0 aliphatic carbocycles. The van der Waals surface area contributed by atoms with Gasteiger partial charge in [-0.25, -0.2) is 4.79 Å². The first-order valence-electron chi connectivity index (χ1n) is 8.40. The van der Waals surface area contributed by atoms with E-state index in [0.717, 1.165) is 16.7 Å². The third kappa shape index (κ3) is 5.58. The lowest BCUT2D eigenvalue weighted by Gasteiger charge is -2.33. The van der Waals surface area contributed by atoms with Gasteiger partial charge in [-0.15, -0.1) is 0 Å². The van der Waals surface area contributed by atoms with Crippen LogP contribution < -0.4 is 5.32 Å². The molecule has 0 radical (unpaired) electrons. The summed E-state index contributed by atoms with van der Waals surface area (Å²) in [5.74, 6) is 0. The van der Waals surface area contributed by atoms with Crippen molar-refractivity contribution in [3.8, 4) is 0 Å². The van der Waals surface area contributed by atoms with Crippen molar-refractivity contribution in [1.29, 1.82) is 0 Å². The van der Waals surface area contributed by atoms with Crippen molar-refractivity contribution >= 4 is 17.4 Å². The lowest BCUT2D eigenvalue weighted by Crippen LogP contribution is -2.46. The number of hydrogen-bond donors (Lipinski definition) is 2. The van der Waals surface area contributed by atoms with Gasteiger partial charge >= 0.3 is 6.09 Å². The molecule has 0 saturated heterocycles. The van der Waals surface area contributed by atoms with Gasteiger partial charge in [-0.2, -0.15) is 11.3 Å². The minimum absolute atomic E-state index is 0.0678. The maximum absolute atomic E-state index is 12.1. The van der Waals surface area contributed by atoms with Crippen molar-refractivity contribution in [2.24, 2.45) is 0 Å². The zero-order chi connectivity index (χ0) is 18.5. The first-order chi connectivity index (χ1) is 11.7. The maximum atomic E-state index is 12.1. The number of alkyl carbamates (subject to hydrolysis) is 1. The topological polar surface area (TPSA) is 58.6 Å². The number of carbonyl (C=O) groups excluding carboxylic acids is 1. The van der Waals surface area contributed by atoms with E-state index in [-0.39, 0.29) is 6.61 Å². The largest absolute Gasteiger partial charge is 0.444 e. The molecule has 25 heavy (non-hydrogen) atoms.